The van der Waals surface area contributed by atoms with Gasteiger partial charge >= 0.3 is 0 Å². The molecule has 8 nitrogen and oxygen atoms in total. The third-order valence-electron chi connectivity index (χ3n) is 7.37. The Hall–Kier alpha value is -4.17. The Kier molecular flexibility index (Phi) is 5.72. The molecule has 9 heteroatoms. The number of rotatable bonds is 4. The number of halogens is 1. The van der Waals surface area contributed by atoms with E-state index in [0.717, 1.165) is 40.8 Å². The lowest BCUT2D eigenvalue weighted by atomic mass is 9.81. The molecular formula is C29H27ClN6O2. The van der Waals surface area contributed by atoms with Gasteiger partial charge in [-0.2, -0.15) is 5.10 Å². The molecule has 192 valence electrons. The van der Waals surface area contributed by atoms with Crippen LogP contribution in [-0.2, 0) is 12.8 Å². The molecule has 2 N–H and O–H groups in total. The van der Waals surface area contributed by atoms with E-state index in [2.05, 4.69) is 41.6 Å². The topological polar surface area (TPSA) is 93.3 Å². The fourth-order valence-electron chi connectivity index (χ4n) is 5.31. The highest BCUT2D eigenvalue weighted by molar-refractivity contribution is 6.34. The van der Waals surface area contributed by atoms with Crippen molar-refractivity contribution < 1.29 is 9.59 Å². The van der Waals surface area contributed by atoms with Crippen molar-refractivity contribution in [3.05, 3.63) is 94.0 Å². The number of aromatic nitrogens is 4. The van der Waals surface area contributed by atoms with Crippen LogP contribution in [0, 0.1) is 6.92 Å². The molecule has 2 amide bonds. The average molecular weight is 527 g/mol. The molecule has 0 spiro atoms. The largest absolute Gasteiger partial charge is 0.355 e. The highest BCUT2D eigenvalue weighted by Gasteiger charge is 2.34. The Bertz CT molecular complexity index is 1750. The van der Waals surface area contributed by atoms with Gasteiger partial charge in [0, 0.05) is 35.6 Å². The molecule has 0 aliphatic heterocycles. The van der Waals surface area contributed by atoms with E-state index in [4.69, 9.17) is 16.7 Å². The van der Waals surface area contributed by atoms with Gasteiger partial charge in [0.25, 0.3) is 11.8 Å². The van der Waals surface area contributed by atoms with Crippen molar-refractivity contribution in [2.24, 2.45) is 0 Å². The van der Waals surface area contributed by atoms with Crippen molar-refractivity contribution >= 4 is 40.0 Å². The van der Waals surface area contributed by atoms with Crippen molar-refractivity contribution in [2.75, 3.05) is 7.05 Å². The van der Waals surface area contributed by atoms with Gasteiger partial charge in [0.2, 0.25) is 0 Å². The van der Waals surface area contributed by atoms with Gasteiger partial charge in [0.05, 0.1) is 32.8 Å². The minimum atomic E-state index is -0.413. The summed E-state index contributed by atoms with van der Waals surface area (Å²) in [5.41, 5.74) is 7.37. The van der Waals surface area contributed by atoms with Crippen LogP contribution < -0.4 is 10.6 Å². The van der Waals surface area contributed by atoms with Crippen molar-refractivity contribution in [1.29, 1.82) is 0 Å². The molecule has 1 aliphatic rings. The van der Waals surface area contributed by atoms with Gasteiger partial charge in [-0.1, -0.05) is 17.7 Å². The number of nitrogens with one attached hydrogen (secondary N) is 2. The monoisotopic (exact) mass is 526 g/mol. The molecule has 1 unspecified atom stereocenters. The summed E-state index contributed by atoms with van der Waals surface area (Å²) in [6.45, 7) is 4.14. The molecule has 38 heavy (non-hydrogen) atoms. The summed E-state index contributed by atoms with van der Waals surface area (Å²) in [4.78, 5) is 29.8. The summed E-state index contributed by atoms with van der Waals surface area (Å²) in [7, 11) is 1.59. The number of fused-ring (bicyclic) bond motifs is 4. The molecule has 0 fully saturated rings. The van der Waals surface area contributed by atoms with Crippen LogP contribution in [0.5, 0.6) is 0 Å². The first-order valence-electron chi connectivity index (χ1n) is 12.5. The zero-order chi connectivity index (χ0) is 26.6. The molecule has 1 atom stereocenters. The summed E-state index contributed by atoms with van der Waals surface area (Å²) in [5.74, 6) is -0.370. The number of nitrogens with zero attached hydrogens (tertiary/aromatic N) is 4. The van der Waals surface area contributed by atoms with E-state index in [-0.39, 0.29) is 11.8 Å². The van der Waals surface area contributed by atoms with Gasteiger partial charge in [0.1, 0.15) is 6.33 Å². The third-order valence-corrected chi connectivity index (χ3v) is 7.68. The van der Waals surface area contributed by atoms with Gasteiger partial charge in [-0.05, 0) is 81.1 Å². The van der Waals surface area contributed by atoms with Gasteiger partial charge in [-0.3, -0.25) is 14.2 Å². The minimum Gasteiger partial charge on any atom is -0.355 e. The van der Waals surface area contributed by atoms with Crippen molar-refractivity contribution in [3.63, 3.8) is 0 Å². The standard InChI is InChI=1S/C29H27ClN6O2/c1-17-4-8-25-21-14-29(2,11-10-23(21)34-36(25)15-17)33-28(38)20-7-6-19(13-22(20)30)35-16-32-24-12-18(27(37)31-3)5-9-26(24)35/h4-9,12-13,15-16H,10-11,14H2,1-3H3,(H,31,37)(H,33,38). The predicted molar refractivity (Wildman–Crippen MR) is 147 cm³/mol. The number of carbonyl (C=O) groups excluding carboxylic acids is 2. The lowest BCUT2D eigenvalue weighted by Gasteiger charge is -2.34. The molecule has 0 radical (unpaired) electrons. The minimum absolute atomic E-state index is 0.167. The molecule has 0 saturated heterocycles. The van der Waals surface area contributed by atoms with E-state index in [0.29, 0.717) is 28.1 Å². The highest BCUT2D eigenvalue weighted by Crippen LogP contribution is 2.32. The van der Waals surface area contributed by atoms with Crippen LogP contribution in [0.3, 0.4) is 0 Å². The van der Waals surface area contributed by atoms with Crippen LogP contribution in [0.2, 0.25) is 5.02 Å². The maximum Gasteiger partial charge on any atom is 0.253 e. The van der Waals surface area contributed by atoms with Crippen molar-refractivity contribution in [2.45, 2.75) is 38.6 Å². The van der Waals surface area contributed by atoms with E-state index < -0.39 is 5.54 Å². The molecule has 5 aromatic rings. The van der Waals surface area contributed by atoms with Gasteiger partial charge < -0.3 is 10.6 Å². The van der Waals surface area contributed by atoms with Crippen molar-refractivity contribution in [3.8, 4) is 5.69 Å². The molecule has 0 bridgehead atoms. The zero-order valence-electron chi connectivity index (χ0n) is 21.4. The smallest absolute Gasteiger partial charge is 0.253 e. The third kappa shape index (κ3) is 4.11. The second-order valence-corrected chi connectivity index (χ2v) is 10.6. The first kappa shape index (κ1) is 24.2. The summed E-state index contributed by atoms with van der Waals surface area (Å²) < 4.78 is 3.83. The fraction of sp³-hybridized carbons (Fsp3) is 0.241. The van der Waals surface area contributed by atoms with E-state index >= 15 is 0 Å². The lowest BCUT2D eigenvalue weighted by Crippen LogP contribution is -2.49. The van der Waals surface area contributed by atoms with Gasteiger partial charge in [-0.15, -0.1) is 0 Å². The van der Waals surface area contributed by atoms with E-state index in [1.54, 1.807) is 37.6 Å². The molecule has 6 rings (SSSR count). The fourth-order valence-corrected chi connectivity index (χ4v) is 5.57. The average Bonchev–Trinajstić information content (AvgIpc) is 3.47. The Morgan fingerprint density at radius 1 is 1.05 bits per heavy atom. The summed E-state index contributed by atoms with van der Waals surface area (Å²) >= 11 is 6.64. The van der Waals surface area contributed by atoms with Crippen LogP contribution in [0.1, 0.15) is 50.9 Å². The summed E-state index contributed by atoms with van der Waals surface area (Å²) in [5, 5.41) is 11.0. The Balaban J connectivity index is 1.24. The van der Waals surface area contributed by atoms with Crippen LogP contribution in [0.25, 0.3) is 22.2 Å². The number of pyridine rings is 1. The van der Waals surface area contributed by atoms with Crippen LogP contribution in [0.4, 0.5) is 0 Å². The maximum absolute atomic E-state index is 13.4. The molecule has 2 aromatic carbocycles. The second kappa shape index (κ2) is 8.99. The number of amides is 2. The van der Waals surface area contributed by atoms with Gasteiger partial charge in [0.15, 0.2) is 0 Å². The number of imidazole rings is 1. The molecule has 3 aromatic heterocycles. The van der Waals surface area contributed by atoms with Crippen LogP contribution >= 0.6 is 11.6 Å². The molecule has 0 saturated carbocycles. The number of aryl methyl sites for hydroxylation is 2. The first-order valence-corrected chi connectivity index (χ1v) is 12.9. The van der Waals surface area contributed by atoms with Crippen LogP contribution in [-0.4, -0.2) is 43.6 Å². The predicted octanol–water partition coefficient (Wildman–Crippen LogP) is 4.67. The van der Waals surface area contributed by atoms with E-state index in [9.17, 15) is 9.59 Å². The Labute approximate surface area is 224 Å². The SMILES string of the molecule is CNC(=O)c1ccc2c(c1)ncn2-c1ccc(C(=O)NC2(C)CCc3nn4cc(C)ccc4c3C2)c(Cl)c1. The molecule has 1 aliphatic carbocycles. The second-order valence-electron chi connectivity index (χ2n) is 10.2. The normalized spacial score (nSPS) is 16.9. The number of carbonyl (C=O) groups is 2. The Morgan fingerprint density at radius 2 is 1.87 bits per heavy atom. The lowest BCUT2D eigenvalue weighted by molar-refractivity contribution is 0.0897. The van der Waals surface area contributed by atoms with Crippen molar-refractivity contribution in [1.82, 2.24) is 29.8 Å². The van der Waals surface area contributed by atoms with Crippen LogP contribution in [0.15, 0.2) is 61.1 Å². The van der Waals surface area contributed by atoms with E-state index in [1.165, 1.54) is 5.56 Å². The number of benzene rings is 2. The zero-order valence-corrected chi connectivity index (χ0v) is 22.1. The molecular weight excluding hydrogens is 500 g/mol. The quantitative estimate of drug-likeness (QED) is 0.356. The number of hydrogen-bond donors (Lipinski definition) is 2. The molecule has 3 heterocycles. The first-order chi connectivity index (χ1) is 18.2. The summed E-state index contributed by atoms with van der Waals surface area (Å²) in [6, 6.07) is 14.9. The summed E-state index contributed by atoms with van der Waals surface area (Å²) in [6.07, 6.45) is 6.02. The highest BCUT2D eigenvalue weighted by atomic mass is 35.5. The van der Waals surface area contributed by atoms with Gasteiger partial charge in [-0.25, -0.2) is 9.50 Å². The van der Waals surface area contributed by atoms with E-state index in [1.807, 2.05) is 27.4 Å². The maximum atomic E-state index is 13.4. The Morgan fingerprint density at radius 3 is 2.66 bits per heavy atom. The number of hydrogen-bond acceptors (Lipinski definition) is 4.